The van der Waals surface area contributed by atoms with E-state index in [2.05, 4.69) is 19.9 Å². The average molecular weight is 521 g/mol. The van der Waals surface area contributed by atoms with E-state index < -0.39 is 10.0 Å². The Bertz CT molecular complexity index is 1450. The summed E-state index contributed by atoms with van der Waals surface area (Å²) < 4.78 is 33.9. The number of thiazole rings is 1. The maximum Gasteiger partial charge on any atom is 0.261 e. The van der Waals surface area contributed by atoms with Crippen LogP contribution in [0.4, 0.5) is 16.5 Å². The van der Waals surface area contributed by atoms with Gasteiger partial charge in [-0.05, 0) is 42.5 Å². The van der Waals surface area contributed by atoms with Gasteiger partial charge in [0.15, 0.2) is 5.13 Å². The summed E-state index contributed by atoms with van der Waals surface area (Å²) in [5.74, 6) is -0.362. The number of anilines is 3. The highest BCUT2D eigenvalue weighted by molar-refractivity contribution is 7.92. The lowest BCUT2D eigenvalue weighted by atomic mass is 10.2. The minimum absolute atomic E-state index is 0.0661. The number of nitrogens with zero attached hydrogens (tertiary/aromatic N) is 2. The highest BCUT2D eigenvalue weighted by Crippen LogP contribution is 2.26. The Labute approximate surface area is 213 Å². The van der Waals surface area contributed by atoms with Crippen molar-refractivity contribution in [1.29, 1.82) is 0 Å². The van der Waals surface area contributed by atoms with Crippen molar-refractivity contribution in [2.45, 2.75) is 4.90 Å². The summed E-state index contributed by atoms with van der Waals surface area (Å²) in [5.41, 5.74) is 3.48. The molecular formula is C26H24N4O4S2. The minimum Gasteiger partial charge on any atom is -0.378 e. The molecule has 5 rings (SSSR count). The number of carbonyl (C=O) groups excluding carboxylic acids is 1. The molecule has 0 unspecified atom stereocenters. The van der Waals surface area contributed by atoms with Crippen LogP contribution in [0.1, 0.15) is 10.4 Å². The molecule has 184 valence electrons. The van der Waals surface area contributed by atoms with Gasteiger partial charge in [0.25, 0.3) is 15.9 Å². The van der Waals surface area contributed by atoms with Gasteiger partial charge < -0.3 is 9.64 Å². The van der Waals surface area contributed by atoms with Crippen LogP contribution in [0.15, 0.2) is 89.1 Å². The van der Waals surface area contributed by atoms with Crippen molar-refractivity contribution in [1.82, 2.24) is 4.98 Å². The molecule has 0 spiro atoms. The summed E-state index contributed by atoms with van der Waals surface area (Å²) in [6, 6.07) is 22.8. The molecule has 1 aromatic heterocycles. The Morgan fingerprint density at radius 3 is 2.44 bits per heavy atom. The lowest BCUT2D eigenvalue weighted by molar-refractivity contribution is 0.102. The van der Waals surface area contributed by atoms with Gasteiger partial charge in [-0.15, -0.1) is 11.3 Å². The number of ether oxygens (including phenoxy) is 1. The zero-order chi connectivity index (χ0) is 25.0. The molecule has 36 heavy (non-hydrogen) atoms. The van der Waals surface area contributed by atoms with Crippen molar-refractivity contribution >= 4 is 43.8 Å². The Kier molecular flexibility index (Phi) is 6.99. The molecule has 1 saturated heterocycles. The number of carbonyl (C=O) groups is 1. The molecule has 0 atom stereocenters. The van der Waals surface area contributed by atoms with Crippen LogP contribution in [0, 0.1) is 0 Å². The lowest BCUT2D eigenvalue weighted by Gasteiger charge is -2.29. The number of amides is 1. The summed E-state index contributed by atoms with van der Waals surface area (Å²) in [6.45, 7) is 2.81. The molecule has 2 heterocycles. The summed E-state index contributed by atoms with van der Waals surface area (Å²) in [7, 11) is -3.82. The number of sulfonamides is 1. The molecule has 10 heteroatoms. The van der Waals surface area contributed by atoms with E-state index in [1.165, 1.54) is 35.6 Å². The second-order valence-corrected chi connectivity index (χ2v) is 10.7. The summed E-state index contributed by atoms with van der Waals surface area (Å²) >= 11 is 1.33. The molecule has 0 bridgehead atoms. The van der Waals surface area contributed by atoms with Gasteiger partial charge in [0, 0.05) is 35.3 Å². The zero-order valence-electron chi connectivity index (χ0n) is 19.3. The Morgan fingerprint density at radius 2 is 1.69 bits per heavy atom. The van der Waals surface area contributed by atoms with Crippen molar-refractivity contribution in [3.63, 3.8) is 0 Å². The van der Waals surface area contributed by atoms with E-state index in [1.54, 1.807) is 6.07 Å². The number of benzene rings is 3. The van der Waals surface area contributed by atoms with Crippen molar-refractivity contribution in [2.24, 2.45) is 0 Å². The van der Waals surface area contributed by atoms with E-state index >= 15 is 0 Å². The third kappa shape index (κ3) is 5.56. The summed E-state index contributed by atoms with van der Waals surface area (Å²) in [6.07, 6.45) is 0. The van der Waals surface area contributed by atoms with Gasteiger partial charge in [0.05, 0.1) is 29.5 Å². The first kappa shape index (κ1) is 24.0. The maximum absolute atomic E-state index is 12.9. The van der Waals surface area contributed by atoms with E-state index in [9.17, 15) is 13.2 Å². The van der Waals surface area contributed by atoms with E-state index in [0.717, 1.165) is 30.0 Å². The van der Waals surface area contributed by atoms with E-state index in [-0.39, 0.29) is 10.8 Å². The van der Waals surface area contributed by atoms with E-state index in [4.69, 9.17) is 4.74 Å². The molecule has 2 N–H and O–H groups in total. The first-order chi connectivity index (χ1) is 17.5. The maximum atomic E-state index is 12.9. The topological polar surface area (TPSA) is 101 Å². The normalized spacial score (nSPS) is 13.8. The van der Waals surface area contributed by atoms with Gasteiger partial charge in [-0.25, -0.2) is 13.4 Å². The molecule has 0 radical (unpaired) electrons. The number of aromatic nitrogens is 1. The molecule has 1 amide bonds. The lowest BCUT2D eigenvalue weighted by Crippen LogP contribution is -2.36. The van der Waals surface area contributed by atoms with E-state index in [1.807, 2.05) is 53.9 Å². The van der Waals surface area contributed by atoms with Crippen LogP contribution >= 0.6 is 11.3 Å². The molecule has 1 aliphatic heterocycles. The van der Waals surface area contributed by atoms with Crippen LogP contribution in [0.25, 0.3) is 11.3 Å². The predicted octanol–water partition coefficient (Wildman–Crippen LogP) is 4.70. The second-order valence-electron chi connectivity index (χ2n) is 8.14. The largest absolute Gasteiger partial charge is 0.378 e. The van der Waals surface area contributed by atoms with Crippen molar-refractivity contribution in [3.8, 4) is 11.3 Å². The molecule has 1 aliphatic rings. The Morgan fingerprint density at radius 1 is 0.944 bits per heavy atom. The minimum atomic E-state index is -3.82. The number of hydrogen-bond acceptors (Lipinski definition) is 7. The van der Waals surface area contributed by atoms with Crippen molar-refractivity contribution < 1.29 is 17.9 Å². The van der Waals surface area contributed by atoms with Gasteiger partial charge in [-0.2, -0.15) is 0 Å². The van der Waals surface area contributed by atoms with Gasteiger partial charge in [-0.3, -0.25) is 14.8 Å². The monoisotopic (exact) mass is 520 g/mol. The highest BCUT2D eigenvalue weighted by atomic mass is 32.2. The first-order valence-electron chi connectivity index (χ1n) is 11.4. The van der Waals surface area contributed by atoms with E-state index in [0.29, 0.717) is 29.6 Å². The van der Waals surface area contributed by atoms with Crippen molar-refractivity contribution in [3.05, 3.63) is 89.8 Å². The van der Waals surface area contributed by atoms with Crippen LogP contribution in [0.3, 0.4) is 0 Å². The number of hydrogen-bond donors (Lipinski definition) is 2. The van der Waals surface area contributed by atoms with Gasteiger partial charge in [-0.1, -0.05) is 36.4 Å². The fourth-order valence-electron chi connectivity index (χ4n) is 3.83. The third-order valence-electron chi connectivity index (χ3n) is 5.70. The molecule has 8 nitrogen and oxygen atoms in total. The average Bonchev–Trinajstić information content (AvgIpc) is 3.38. The molecule has 1 fully saturated rings. The van der Waals surface area contributed by atoms with Gasteiger partial charge in [0.2, 0.25) is 0 Å². The quantitative estimate of drug-likeness (QED) is 0.366. The second kappa shape index (κ2) is 10.5. The molecule has 0 aliphatic carbocycles. The third-order valence-corrected chi connectivity index (χ3v) is 7.85. The van der Waals surface area contributed by atoms with Crippen LogP contribution in [-0.2, 0) is 14.8 Å². The highest BCUT2D eigenvalue weighted by Gasteiger charge is 2.17. The predicted molar refractivity (Wildman–Crippen MR) is 142 cm³/mol. The van der Waals surface area contributed by atoms with Crippen LogP contribution < -0.4 is 14.9 Å². The number of nitrogens with one attached hydrogen (secondary N) is 2. The number of rotatable bonds is 7. The zero-order valence-corrected chi connectivity index (χ0v) is 20.9. The SMILES string of the molecule is O=C(Nc1nc(-c2ccccc2)cs1)c1ccc(S(=O)(=O)Nc2cccc(N3CCOCC3)c2)cc1. The fraction of sp³-hybridized carbons (Fsp3) is 0.154. The summed E-state index contributed by atoms with van der Waals surface area (Å²) in [4.78, 5) is 19.4. The fourth-order valence-corrected chi connectivity index (χ4v) is 5.59. The Balaban J connectivity index is 1.25. The first-order valence-corrected chi connectivity index (χ1v) is 13.7. The smallest absolute Gasteiger partial charge is 0.261 e. The summed E-state index contributed by atoms with van der Waals surface area (Å²) in [5, 5.41) is 5.12. The molecule has 3 aromatic carbocycles. The molecular weight excluding hydrogens is 496 g/mol. The van der Waals surface area contributed by atoms with Gasteiger partial charge in [0.1, 0.15) is 0 Å². The van der Waals surface area contributed by atoms with Crippen LogP contribution in [0.2, 0.25) is 0 Å². The Hall–Kier alpha value is -3.73. The standard InChI is InChI=1S/C26H24N4O4S2/c31-25(28-26-27-24(18-35-26)19-5-2-1-3-6-19)20-9-11-23(12-10-20)36(32,33)29-21-7-4-8-22(17-21)30-13-15-34-16-14-30/h1-12,17-18,29H,13-16H2,(H,27,28,31). The molecule has 0 saturated carbocycles. The van der Waals surface area contributed by atoms with Crippen molar-refractivity contribution in [2.75, 3.05) is 41.2 Å². The molecule has 4 aromatic rings. The van der Waals surface area contributed by atoms with Gasteiger partial charge >= 0.3 is 0 Å². The van der Waals surface area contributed by atoms with Crippen LogP contribution in [0.5, 0.6) is 0 Å². The number of morpholine rings is 1. The van der Waals surface area contributed by atoms with Crippen LogP contribution in [-0.4, -0.2) is 45.6 Å².